The molecule has 0 unspecified atom stereocenters. The number of ether oxygens (including phenoxy) is 1. The van der Waals surface area contributed by atoms with E-state index in [2.05, 4.69) is 5.09 Å². The van der Waals surface area contributed by atoms with Crippen LogP contribution in [-0.4, -0.2) is 25.5 Å². The zero-order valence-electron chi connectivity index (χ0n) is 10.3. The molecule has 2 fully saturated rings. The summed E-state index contributed by atoms with van der Waals surface area (Å²) in [5.41, 5.74) is -0.324. The molecule has 0 aromatic heterocycles. The molecule has 4 rings (SSSR count). The molecule has 3 aliphatic rings. The van der Waals surface area contributed by atoms with Crippen LogP contribution in [-0.2, 0) is 19.1 Å². The van der Waals surface area contributed by atoms with Crippen molar-refractivity contribution in [3.05, 3.63) is 29.8 Å². The first-order valence-corrected chi connectivity index (χ1v) is 8.02. The van der Waals surface area contributed by atoms with Crippen LogP contribution >= 0.6 is 7.43 Å². The van der Waals surface area contributed by atoms with Crippen molar-refractivity contribution >= 4 is 13.5 Å². The summed E-state index contributed by atoms with van der Waals surface area (Å²) < 4.78 is 62.6. The number of rotatable bonds is 0. The zero-order valence-corrected chi connectivity index (χ0v) is 11.2. The van der Waals surface area contributed by atoms with Crippen LogP contribution in [0.15, 0.2) is 24.3 Å². The summed E-state index contributed by atoms with van der Waals surface area (Å²) >= 11 is 0. The van der Waals surface area contributed by atoms with Gasteiger partial charge in [-0.1, -0.05) is 0 Å². The molecule has 10 heteroatoms. The Bertz CT molecular complexity index is 660. The predicted octanol–water partition coefficient (Wildman–Crippen LogP) is 2.79. The summed E-state index contributed by atoms with van der Waals surface area (Å²) in [4.78, 5) is 11.6. The Morgan fingerprint density at radius 1 is 1.19 bits per heavy atom. The van der Waals surface area contributed by atoms with E-state index in [0.717, 1.165) is 0 Å². The normalized spacial score (nSPS) is 33.3. The molecular weight excluding hydrogens is 314 g/mol. The maximum atomic E-state index is 13.9. The Morgan fingerprint density at radius 3 is 2.52 bits per heavy atom. The molecule has 0 aliphatic carbocycles. The van der Waals surface area contributed by atoms with Gasteiger partial charge in [-0.3, -0.25) is 0 Å². The third-order valence-electron chi connectivity index (χ3n) is 3.70. The summed E-state index contributed by atoms with van der Waals surface area (Å²) in [5, 5.41) is -1.01. The van der Waals surface area contributed by atoms with Crippen LogP contribution < -0.4 is 9.61 Å². The minimum absolute atomic E-state index is 0.0746. The van der Waals surface area contributed by atoms with Crippen molar-refractivity contribution in [3.63, 3.8) is 0 Å². The minimum atomic E-state index is -5.08. The van der Waals surface area contributed by atoms with E-state index in [4.69, 9.17) is 18.3 Å². The van der Waals surface area contributed by atoms with Crippen molar-refractivity contribution in [1.29, 1.82) is 0 Å². The molecule has 0 saturated carbocycles. The van der Waals surface area contributed by atoms with Crippen LogP contribution in [0.4, 0.5) is 18.0 Å². The van der Waals surface area contributed by atoms with E-state index >= 15 is 0 Å². The van der Waals surface area contributed by atoms with Gasteiger partial charge < -0.3 is 0 Å². The van der Waals surface area contributed by atoms with E-state index in [9.17, 15) is 18.0 Å². The molecule has 6 nitrogen and oxygen atoms in total. The number of nitrogens with one attached hydrogen (secondary N) is 1. The van der Waals surface area contributed by atoms with Gasteiger partial charge in [-0.2, -0.15) is 0 Å². The van der Waals surface area contributed by atoms with Crippen molar-refractivity contribution < 1.29 is 36.3 Å². The van der Waals surface area contributed by atoms with Crippen LogP contribution in [0, 0.1) is 0 Å². The Labute approximate surface area is 116 Å². The van der Waals surface area contributed by atoms with E-state index in [-0.39, 0.29) is 24.5 Å². The molecule has 1 N–H and O–H groups in total. The van der Waals surface area contributed by atoms with E-state index in [1.165, 1.54) is 24.3 Å². The van der Waals surface area contributed by atoms with Crippen molar-refractivity contribution in [3.8, 4) is 5.75 Å². The Hall–Kier alpha value is -1.57. The van der Waals surface area contributed by atoms with Crippen molar-refractivity contribution in [1.82, 2.24) is 5.09 Å². The second-order valence-electron chi connectivity index (χ2n) is 4.78. The van der Waals surface area contributed by atoms with Crippen LogP contribution in [0.1, 0.15) is 5.56 Å². The second kappa shape index (κ2) is 3.43. The quantitative estimate of drug-likeness (QED) is 0.744. The number of hydrogen-bond acceptors (Lipinski definition) is 5. The predicted molar refractivity (Wildman–Crippen MR) is 63.2 cm³/mol. The van der Waals surface area contributed by atoms with Crippen LogP contribution in [0.3, 0.4) is 0 Å². The summed E-state index contributed by atoms with van der Waals surface area (Å²) in [7, 11) is -5.08. The van der Waals surface area contributed by atoms with Gasteiger partial charge >= 0.3 is 115 Å². The SMILES string of the molecule is O=C1NP23(OCCO2)Oc2ccccc2[C@@]3(C(F)(F)F)O1. The third kappa shape index (κ3) is 1.20. The van der Waals surface area contributed by atoms with Gasteiger partial charge in [0.05, 0.1) is 0 Å². The van der Waals surface area contributed by atoms with Crippen LogP contribution in [0.2, 0.25) is 0 Å². The number of para-hydroxylation sites is 1. The molecule has 1 aromatic rings. The van der Waals surface area contributed by atoms with Gasteiger partial charge in [0.2, 0.25) is 0 Å². The van der Waals surface area contributed by atoms with Crippen LogP contribution in [0.25, 0.3) is 0 Å². The Kier molecular flexibility index (Phi) is 2.14. The number of halogens is 3. The third-order valence-corrected chi connectivity index (χ3v) is 7.77. The molecule has 1 aromatic carbocycles. The molecular formula is C11H9F3NO5P. The average Bonchev–Trinajstić information content (AvgIpc) is 2.98. The van der Waals surface area contributed by atoms with Crippen LogP contribution in [0.5, 0.6) is 5.75 Å². The van der Waals surface area contributed by atoms with Gasteiger partial charge in [0.1, 0.15) is 0 Å². The summed E-state index contributed by atoms with van der Waals surface area (Å²) in [6.45, 7) is -0.263. The number of carbonyl (C=O) groups excluding carboxylic acids is 1. The molecule has 3 aliphatic heterocycles. The molecule has 3 heterocycles. The van der Waals surface area contributed by atoms with E-state index < -0.39 is 25.0 Å². The molecule has 114 valence electrons. The first kappa shape index (κ1) is 13.1. The molecule has 1 atom stereocenters. The number of hydrogen-bond donors (Lipinski definition) is 1. The van der Waals surface area contributed by atoms with Gasteiger partial charge in [0.15, 0.2) is 0 Å². The molecule has 2 saturated heterocycles. The summed E-state index contributed by atoms with van der Waals surface area (Å²) in [6.07, 6.45) is -6.25. The first-order chi connectivity index (χ1) is 9.83. The fourth-order valence-corrected chi connectivity index (χ4v) is 6.97. The van der Waals surface area contributed by atoms with E-state index in [1.54, 1.807) is 0 Å². The standard InChI is InChI=1S/C11H9F3NO5P/c12-11(13,14)10-7-3-1-2-4-8(7)20-21(10,15-9(16)19-10)17-5-6-18-21/h1-4H,5-6H2,(H,15,16)/t10-/m1/s1. The number of benzene rings is 1. The van der Waals surface area contributed by atoms with Crippen molar-refractivity contribution in [2.24, 2.45) is 0 Å². The summed E-state index contributed by atoms with van der Waals surface area (Å²) in [5.74, 6) is -0.0746. The topological polar surface area (TPSA) is 66.0 Å². The van der Waals surface area contributed by atoms with Gasteiger partial charge in [-0.25, -0.2) is 0 Å². The van der Waals surface area contributed by atoms with Crippen molar-refractivity contribution in [2.75, 3.05) is 13.2 Å². The van der Waals surface area contributed by atoms with Crippen molar-refractivity contribution in [2.45, 2.75) is 11.5 Å². The Balaban J connectivity index is 2.10. The molecule has 1 spiro atoms. The monoisotopic (exact) mass is 323 g/mol. The number of alkyl halides is 3. The Morgan fingerprint density at radius 2 is 1.86 bits per heavy atom. The van der Waals surface area contributed by atoms with E-state index in [0.29, 0.717) is 0 Å². The number of fused-ring (bicyclic) bond motifs is 2. The van der Waals surface area contributed by atoms with Gasteiger partial charge in [-0.15, -0.1) is 0 Å². The average molecular weight is 323 g/mol. The van der Waals surface area contributed by atoms with E-state index in [1.807, 2.05) is 0 Å². The first-order valence-electron chi connectivity index (χ1n) is 6.03. The van der Waals surface area contributed by atoms with Gasteiger partial charge in [0.25, 0.3) is 0 Å². The second-order valence-corrected chi connectivity index (χ2v) is 8.10. The number of amides is 1. The fourth-order valence-electron chi connectivity index (χ4n) is 3.00. The summed E-state index contributed by atoms with van der Waals surface area (Å²) in [6, 6.07) is 5.45. The molecule has 0 radical (unpaired) electrons. The fraction of sp³-hybridized carbons (Fsp3) is 0.364. The van der Waals surface area contributed by atoms with Gasteiger partial charge in [0, 0.05) is 0 Å². The number of carbonyl (C=O) groups is 1. The maximum absolute atomic E-state index is 13.9. The molecule has 0 bridgehead atoms. The van der Waals surface area contributed by atoms with Gasteiger partial charge in [-0.05, 0) is 0 Å². The molecule has 1 amide bonds. The zero-order chi connectivity index (χ0) is 15.0. The molecule has 21 heavy (non-hydrogen) atoms.